The van der Waals surface area contributed by atoms with Gasteiger partial charge in [-0.1, -0.05) is 25.9 Å². The monoisotopic (exact) mass is 361 g/mol. The Hall–Kier alpha value is -2.57. The fraction of sp³-hybridized carbons (Fsp3) is 0.526. The van der Waals surface area contributed by atoms with E-state index in [0.29, 0.717) is 48.4 Å². The molecule has 0 saturated carbocycles. The van der Waals surface area contributed by atoms with Crippen molar-refractivity contribution in [1.29, 1.82) is 0 Å². The zero-order chi connectivity index (χ0) is 18.9. The summed E-state index contributed by atoms with van der Waals surface area (Å²) in [4.78, 5) is 18.5. The molecule has 1 aromatic carbocycles. The molecular weight excluding hydrogens is 334 g/mol. The van der Waals surface area contributed by atoms with Gasteiger partial charge < -0.3 is 18.9 Å². The topological polar surface area (TPSA) is 77.7 Å². The zero-order valence-electron chi connectivity index (χ0n) is 15.9. The first-order valence-electron chi connectivity index (χ1n) is 9.05. The summed E-state index contributed by atoms with van der Waals surface area (Å²) < 4.78 is 16.6. The van der Waals surface area contributed by atoms with Crippen LogP contribution in [0.4, 0.5) is 0 Å². The van der Waals surface area contributed by atoms with Crippen LogP contribution in [0, 0.1) is 0 Å². The maximum Gasteiger partial charge on any atom is 0.254 e. The molecular formula is C19H27N3O4. The van der Waals surface area contributed by atoms with Crippen LogP contribution in [0.2, 0.25) is 0 Å². The standard InChI is InChI=1S/C19H27N3O4/c1-5-10-24-15-9-8-14(12-16(15)25-11-6-2)19(23)22(4)13-18-20-17(7-3)21-26-18/h8-9,12H,5-7,10-11,13H2,1-4H3. The highest BCUT2D eigenvalue weighted by Crippen LogP contribution is 2.29. The highest BCUT2D eigenvalue weighted by Gasteiger charge is 2.18. The molecule has 1 aromatic heterocycles. The third kappa shape index (κ3) is 5.21. The number of nitrogens with zero attached hydrogens (tertiary/aromatic N) is 3. The van der Waals surface area contributed by atoms with Gasteiger partial charge in [0.25, 0.3) is 5.91 Å². The van der Waals surface area contributed by atoms with Gasteiger partial charge in [0.2, 0.25) is 5.89 Å². The summed E-state index contributed by atoms with van der Waals surface area (Å²) in [6.45, 7) is 7.45. The number of amides is 1. The van der Waals surface area contributed by atoms with E-state index < -0.39 is 0 Å². The average Bonchev–Trinajstić information content (AvgIpc) is 3.11. The molecule has 0 atom stereocenters. The van der Waals surface area contributed by atoms with E-state index in [1.807, 2.05) is 20.8 Å². The molecule has 2 aromatic rings. The van der Waals surface area contributed by atoms with Gasteiger partial charge in [0.15, 0.2) is 17.3 Å². The Bertz CT molecular complexity index is 715. The van der Waals surface area contributed by atoms with Crippen LogP contribution in [-0.2, 0) is 13.0 Å². The van der Waals surface area contributed by atoms with Crippen molar-refractivity contribution >= 4 is 5.91 Å². The van der Waals surface area contributed by atoms with Crippen LogP contribution in [0.25, 0.3) is 0 Å². The molecule has 1 amide bonds. The van der Waals surface area contributed by atoms with Crippen molar-refractivity contribution in [1.82, 2.24) is 15.0 Å². The SMILES string of the molecule is CCCOc1ccc(C(=O)N(C)Cc2nc(CC)no2)cc1OCCC. The molecule has 0 radical (unpaired) electrons. The highest BCUT2D eigenvalue weighted by molar-refractivity contribution is 5.94. The predicted octanol–water partition coefficient (Wildman–Crippen LogP) is 3.48. The largest absolute Gasteiger partial charge is 0.490 e. The first-order chi connectivity index (χ1) is 12.6. The molecule has 2 rings (SSSR count). The zero-order valence-corrected chi connectivity index (χ0v) is 15.9. The molecule has 1 heterocycles. The number of ether oxygens (including phenoxy) is 2. The van der Waals surface area contributed by atoms with Gasteiger partial charge in [-0.3, -0.25) is 4.79 Å². The van der Waals surface area contributed by atoms with Crippen molar-refractivity contribution in [3.8, 4) is 11.5 Å². The maximum atomic E-state index is 12.7. The van der Waals surface area contributed by atoms with Crippen molar-refractivity contribution in [2.45, 2.75) is 46.6 Å². The fourth-order valence-corrected chi connectivity index (χ4v) is 2.29. The minimum absolute atomic E-state index is 0.148. The van der Waals surface area contributed by atoms with Gasteiger partial charge in [0.1, 0.15) is 0 Å². The van der Waals surface area contributed by atoms with Crippen LogP contribution in [0.3, 0.4) is 0 Å². The summed E-state index contributed by atoms with van der Waals surface area (Å²) in [6, 6.07) is 5.25. The molecule has 0 aliphatic carbocycles. The van der Waals surface area contributed by atoms with Crippen molar-refractivity contribution < 1.29 is 18.8 Å². The number of carbonyl (C=O) groups is 1. The number of benzene rings is 1. The number of aryl methyl sites for hydroxylation is 1. The van der Waals surface area contributed by atoms with E-state index in [1.54, 1.807) is 30.1 Å². The lowest BCUT2D eigenvalue weighted by Crippen LogP contribution is -2.26. The lowest BCUT2D eigenvalue weighted by Gasteiger charge is -2.17. The molecule has 0 aliphatic rings. The van der Waals surface area contributed by atoms with Crippen molar-refractivity contribution in [2.24, 2.45) is 0 Å². The van der Waals surface area contributed by atoms with Crippen LogP contribution in [0.1, 0.15) is 55.7 Å². The molecule has 0 fully saturated rings. The molecule has 7 nitrogen and oxygen atoms in total. The van der Waals surface area contributed by atoms with Gasteiger partial charge in [-0.2, -0.15) is 4.98 Å². The lowest BCUT2D eigenvalue weighted by atomic mass is 10.1. The smallest absolute Gasteiger partial charge is 0.254 e. The van der Waals surface area contributed by atoms with Gasteiger partial charge in [0.05, 0.1) is 19.8 Å². The van der Waals surface area contributed by atoms with Crippen LogP contribution < -0.4 is 9.47 Å². The third-order valence-electron chi connectivity index (χ3n) is 3.66. The van der Waals surface area contributed by atoms with E-state index in [2.05, 4.69) is 10.1 Å². The van der Waals surface area contributed by atoms with E-state index in [1.165, 1.54) is 0 Å². The van der Waals surface area contributed by atoms with Gasteiger partial charge in [-0.05, 0) is 31.0 Å². The van der Waals surface area contributed by atoms with Crippen molar-refractivity contribution in [3.05, 3.63) is 35.5 Å². The summed E-state index contributed by atoms with van der Waals surface area (Å²) in [7, 11) is 1.70. The molecule has 0 spiro atoms. The summed E-state index contributed by atoms with van der Waals surface area (Å²) in [5.41, 5.74) is 0.526. The summed E-state index contributed by atoms with van der Waals surface area (Å²) >= 11 is 0. The van der Waals surface area contributed by atoms with Crippen molar-refractivity contribution in [2.75, 3.05) is 20.3 Å². The number of carbonyl (C=O) groups excluding carboxylic acids is 1. The normalized spacial score (nSPS) is 10.6. The Kier molecular flexibility index (Phi) is 7.44. The second-order valence-corrected chi connectivity index (χ2v) is 5.98. The molecule has 0 unspecified atom stereocenters. The quantitative estimate of drug-likeness (QED) is 0.645. The highest BCUT2D eigenvalue weighted by atomic mass is 16.5. The van der Waals surface area contributed by atoms with Crippen LogP contribution in [0.5, 0.6) is 11.5 Å². The van der Waals surface area contributed by atoms with Crippen LogP contribution in [-0.4, -0.2) is 41.2 Å². The van der Waals surface area contributed by atoms with Gasteiger partial charge in [-0.15, -0.1) is 0 Å². The first kappa shape index (κ1) is 19.8. The van der Waals surface area contributed by atoms with Gasteiger partial charge >= 0.3 is 0 Å². The summed E-state index contributed by atoms with van der Waals surface area (Å²) in [5.74, 6) is 2.15. The predicted molar refractivity (Wildman–Crippen MR) is 97.5 cm³/mol. The first-order valence-corrected chi connectivity index (χ1v) is 9.05. The third-order valence-corrected chi connectivity index (χ3v) is 3.66. The Morgan fingerprint density at radius 2 is 1.81 bits per heavy atom. The van der Waals surface area contributed by atoms with Gasteiger partial charge in [-0.25, -0.2) is 0 Å². The van der Waals surface area contributed by atoms with Gasteiger partial charge in [0, 0.05) is 19.0 Å². The minimum Gasteiger partial charge on any atom is -0.490 e. The molecule has 0 N–H and O–H groups in total. The summed E-state index contributed by atoms with van der Waals surface area (Å²) in [5, 5.41) is 3.85. The van der Waals surface area contributed by atoms with Crippen LogP contribution >= 0.6 is 0 Å². The lowest BCUT2D eigenvalue weighted by molar-refractivity contribution is 0.0769. The second kappa shape index (κ2) is 9.79. The molecule has 7 heteroatoms. The maximum absolute atomic E-state index is 12.7. The minimum atomic E-state index is -0.148. The number of aromatic nitrogens is 2. The Morgan fingerprint density at radius 3 is 2.42 bits per heavy atom. The average molecular weight is 361 g/mol. The van der Waals surface area contributed by atoms with E-state index in [-0.39, 0.29) is 12.5 Å². The molecule has 0 bridgehead atoms. The van der Waals surface area contributed by atoms with E-state index >= 15 is 0 Å². The van der Waals surface area contributed by atoms with E-state index in [9.17, 15) is 4.79 Å². The number of hydrogen-bond donors (Lipinski definition) is 0. The Balaban J connectivity index is 2.12. The molecule has 0 aliphatic heterocycles. The Labute approximate surface area is 154 Å². The molecule has 0 saturated heterocycles. The van der Waals surface area contributed by atoms with Crippen molar-refractivity contribution in [3.63, 3.8) is 0 Å². The van der Waals surface area contributed by atoms with Crippen LogP contribution in [0.15, 0.2) is 22.7 Å². The second-order valence-electron chi connectivity index (χ2n) is 5.98. The molecule has 26 heavy (non-hydrogen) atoms. The number of hydrogen-bond acceptors (Lipinski definition) is 6. The summed E-state index contributed by atoms with van der Waals surface area (Å²) in [6.07, 6.45) is 2.47. The Morgan fingerprint density at radius 1 is 1.12 bits per heavy atom. The number of rotatable bonds is 10. The fourth-order valence-electron chi connectivity index (χ4n) is 2.29. The van der Waals surface area contributed by atoms with E-state index in [0.717, 1.165) is 12.8 Å². The molecule has 142 valence electrons. The van der Waals surface area contributed by atoms with E-state index in [4.69, 9.17) is 14.0 Å².